The first-order valence-electron chi connectivity index (χ1n) is 9.58. The van der Waals surface area contributed by atoms with E-state index in [9.17, 15) is 8.42 Å². The molecule has 0 unspecified atom stereocenters. The quantitative estimate of drug-likeness (QED) is 0.601. The molecule has 0 atom stereocenters. The Morgan fingerprint density at radius 3 is 2.42 bits per heavy atom. The molecule has 1 saturated carbocycles. The number of pyridine rings is 1. The fourth-order valence-electron chi connectivity index (χ4n) is 3.69. The summed E-state index contributed by atoms with van der Waals surface area (Å²) in [6.45, 7) is 1.61. The monoisotopic (exact) mass is 396 g/mol. The summed E-state index contributed by atoms with van der Waals surface area (Å²) in [6, 6.07) is 2.05. The van der Waals surface area contributed by atoms with Gasteiger partial charge in [0.2, 0.25) is 0 Å². The van der Waals surface area contributed by atoms with Crippen molar-refractivity contribution in [3.63, 3.8) is 0 Å². The first-order chi connectivity index (χ1) is 12.6. The van der Waals surface area contributed by atoms with E-state index >= 15 is 0 Å². The summed E-state index contributed by atoms with van der Waals surface area (Å²) in [4.78, 5) is 6.13. The van der Waals surface area contributed by atoms with Gasteiger partial charge in [-0.1, -0.05) is 25.7 Å². The van der Waals surface area contributed by atoms with Crippen LogP contribution in [0.4, 0.5) is 5.69 Å². The number of rotatable bonds is 4. The number of sulfonamides is 1. The summed E-state index contributed by atoms with van der Waals surface area (Å²) in [5, 5.41) is 3.72. The number of aromatic nitrogens is 1. The second kappa shape index (κ2) is 8.99. The van der Waals surface area contributed by atoms with E-state index in [0.29, 0.717) is 11.7 Å². The third kappa shape index (κ3) is 5.07. The lowest BCUT2D eigenvalue weighted by molar-refractivity contribution is 0.342. The van der Waals surface area contributed by atoms with E-state index in [2.05, 4.69) is 15.0 Å². The van der Waals surface area contributed by atoms with Crippen molar-refractivity contribution in [3.8, 4) is 0 Å². The number of nitrogens with zero attached hydrogens (tertiary/aromatic N) is 2. The largest absolute Gasteiger partial charge is 0.381 e. The van der Waals surface area contributed by atoms with Gasteiger partial charge in [-0.05, 0) is 50.4 Å². The van der Waals surface area contributed by atoms with Crippen molar-refractivity contribution >= 4 is 33.0 Å². The van der Waals surface area contributed by atoms with Gasteiger partial charge in [0, 0.05) is 31.5 Å². The Hall–Kier alpha value is -1.41. The number of nitrogens with one attached hydrogen (secondary N) is 2. The van der Waals surface area contributed by atoms with Crippen LogP contribution in [0, 0.1) is 0 Å². The molecule has 0 radical (unpaired) electrons. The molecule has 2 aliphatic rings. The van der Waals surface area contributed by atoms with Crippen molar-refractivity contribution in [3.05, 3.63) is 18.5 Å². The van der Waals surface area contributed by atoms with Gasteiger partial charge < -0.3 is 10.2 Å². The third-order valence-corrected chi connectivity index (χ3v) is 7.01. The Kier molecular flexibility index (Phi) is 6.69. The zero-order chi connectivity index (χ0) is 18.4. The van der Waals surface area contributed by atoms with Gasteiger partial charge in [0.25, 0.3) is 10.0 Å². The van der Waals surface area contributed by atoms with Crippen LogP contribution in [0.5, 0.6) is 0 Å². The smallest absolute Gasteiger partial charge is 0.267 e. The van der Waals surface area contributed by atoms with Crippen molar-refractivity contribution in [2.45, 2.75) is 68.7 Å². The summed E-state index contributed by atoms with van der Waals surface area (Å²) >= 11 is 5.34. The molecule has 144 valence electrons. The van der Waals surface area contributed by atoms with Crippen LogP contribution < -0.4 is 10.0 Å². The number of hydrogen-bond acceptors (Lipinski definition) is 5. The molecule has 26 heavy (non-hydrogen) atoms. The SMILES string of the molecule is O=S(=O)(NC(=S)N1CCCCC1)c1cnccc1NC1CCCCCC1. The maximum absolute atomic E-state index is 12.9. The third-order valence-electron chi connectivity index (χ3n) is 5.15. The highest BCUT2D eigenvalue weighted by molar-refractivity contribution is 7.92. The molecule has 0 aromatic carbocycles. The molecule has 1 aromatic heterocycles. The number of thiocarbonyl (C=S) groups is 1. The second-order valence-corrected chi connectivity index (χ2v) is 9.20. The van der Waals surface area contributed by atoms with Gasteiger partial charge in [-0.2, -0.15) is 0 Å². The molecule has 1 aromatic rings. The van der Waals surface area contributed by atoms with Crippen molar-refractivity contribution in [1.29, 1.82) is 0 Å². The van der Waals surface area contributed by atoms with Crippen molar-refractivity contribution < 1.29 is 8.42 Å². The van der Waals surface area contributed by atoms with E-state index in [-0.39, 0.29) is 10.0 Å². The molecule has 1 aliphatic heterocycles. The molecular formula is C18H28N4O2S2. The second-order valence-electron chi connectivity index (χ2n) is 7.16. The summed E-state index contributed by atoms with van der Waals surface area (Å²) in [6.07, 6.45) is 13.3. The highest BCUT2D eigenvalue weighted by Gasteiger charge is 2.24. The van der Waals surface area contributed by atoms with Crippen LogP contribution in [0.2, 0.25) is 0 Å². The normalized spacial score (nSPS) is 19.6. The van der Waals surface area contributed by atoms with E-state index in [1.54, 1.807) is 12.3 Å². The first-order valence-corrected chi connectivity index (χ1v) is 11.5. The number of likely N-dealkylation sites (tertiary alicyclic amines) is 1. The predicted octanol–water partition coefficient (Wildman–Crippen LogP) is 3.27. The number of hydrogen-bond donors (Lipinski definition) is 2. The van der Waals surface area contributed by atoms with E-state index in [1.165, 1.54) is 38.3 Å². The van der Waals surface area contributed by atoms with E-state index in [0.717, 1.165) is 38.8 Å². The topological polar surface area (TPSA) is 74.3 Å². The average Bonchev–Trinajstić information content (AvgIpc) is 2.91. The zero-order valence-electron chi connectivity index (χ0n) is 15.1. The van der Waals surface area contributed by atoms with Gasteiger partial charge in [0.05, 0.1) is 5.69 Å². The maximum Gasteiger partial charge on any atom is 0.267 e. The molecule has 2 N–H and O–H groups in total. The van der Waals surface area contributed by atoms with Crippen LogP contribution in [-0.2, 0) is 10.0 Å². The summed E-state index contributed by atoms with van der Waals surface area (Å²) in [5.41, 5.74) is 0.612. The van der Waals surface area contributed by atoms with Gasteiger partial charge in [0.1, 0.15) is 4.90 Å². The van der Waals surface area contributed by atoms with Crippen LogP contribution in [0.1, 0.15) is 57.8 Å². The van der Waals surface area contributed by atoms with Crippen LogP contribution in [0.15, 0.2) is 23.4 Å². The van der Waals surface area contributed by atoms with E-state index in [4.69, 9.17) is 12.2 Å². The Morgan fingerprint density at radius 1 is 1.08 bits per heavy atom. The summed E-state index contributed by atoms with van der Waals surface area (Å²) in [5.74, 6) is 0. The van der Waals surface area contributed by atoms with E-state index in [1.807, 2.05) is 4.90 Å². The number of anilines is 1. The van der Waals surface area contributed by atoms with Crippen LogP contribution in [0.25, 0.3) is 0 Å². The molecule has 1 saturated heterocycles. The fourth-order valence-corrected chi connectivity index (χ4v) is 5.29. The summed E-state index contributed by atoms with van der Waals surface area (Å²) in [7, 11) is -3.76. The van der Waals surface area contributed by atoms with E-state index < -0.39 is 10.0 Å². The predicted molar refractivity (Wildman–Crippen MR) is 108 cm³/mol. The molecule has 0 spiro atoms. The van der Waals surface area contributed by atoms with Crippen LogP contribution in [-0.4, -0.2) is 42.5 Å². The minimum atomic E-state index is -3.76. The molecule has 8 heteroatoms. The molecule has 0 bridgehead atoms. The average molecular weight is 397 g/mol. The zero-order valence-corrected chi connectivity index (χ0v) is 16.7. The highest BCUT2D eigenvalue weighted by atomic mass is 32.2. The molecule has 2 heterocycles. The Labute approximate surface area is 161 Å². The Bertz CT molecular complexity index is 710. The molecule has 0 amide bonds. The molecule has 2 fully saturated rings. The van der Waals surface area contributed by atoms with Crippen molar-refractivity contribution in [1.82, 2.24) is 14.6 Å². The van der Waals surface area contributed by atoms with Gasteiger partial charge in [-0.15, -0.1) is 0 Å². The number of piperidine rings is 1. The van der Waals surface area contributed by atoms with Gasteiger partial charge in [-0.3, -0.25) is 9.71 Å². The lowest BCUT2D eigenvalue weighted by atomic mass is 10.1. The lowest BCUT2D eigenvalue weighted by Gasteiger charge is -2.29. The Morgan fingerprint density at radius 2 is 1.73 bits per heavy atom. The Balaban J connectivity index is 1.73. The lowest BCUT2D eigenvalue weighted by Crippen LogP contribution is -2.45. The molecule has 3 rings (SSSR count). The minimum Gasteiger partial charge on any atom is -0.381 e. The van der Waals surface area contributed by atoms with Crippen LogP contribution >= 0.6 is 12.2 Å². The van der Waals surface area contributed by atoms with Gasteiger partial charge in [0.15, 0.2) is 5.11 Å². The maximum atomic E-state index is 12.9. The van der Waals surface area contributed by atoms with Gasteiger partial charge in [-0.25, -0.2) is 8.42 Å². The van der Waals surface area contributed by atoms with Crippen molar-refractivity contribution in [2.24, 2.45) is 0 Å². The van der Waals surface area contributed by atoms with Gasteiger partial charge >= 0.3 is 0 Å². The standard InChI is InChI=1S/C18H28N4O2S2/c23-26(24,21-18(25)22-12-6-3-7-13-22)17-14-19-11-10-16(17)20-15-8-4-1-2-5-9-15/h10-11,14-15H,1-9,12-13H2,(H,19,20)(H,21,25). The van der Waals surface area contributed by atoms with Crippen LogP contribution in [0.3, 0.4) is 0 Å². The summed E-state index contributed by atoms with van der Waals surface area (Å²) < 4.78 is 28.4. The molecule has 6 nitrogen and oxygen atoms in total. The van der Waals surface area contributed by atoms with Crippen molar-refractivity contribution in [2.75, 3.05) is 18.4 Å². The highest BCUT2D eigenvalue weighted by Crippen LogP contribution is 2.25. The molecule has 1 aliphatic carbocycles. The fraction of sp³-hybridized carbons (Fsp3) is 0.667. The minimum absolute atomic E-state index is 0.170. The molecular weight excluding hydrogens is 368 g/mol. The first kappa shape index (κ1) is 19.4.